The summed E-state index contributed by atoms with van der Waals surface area (Å²) in [7, 11) is 0. The molecule has 0 aliphatic heterocycles. The van der Waals surface area contributed by atoms with Gasteiger partial charge in [-0.05, 0) is 80.5 Å². The number of hydrogen-bond acceptors (Lipinski definition) is 10. The minimum atomic E-state index is -1.07. The molecule has 0 saturated heterocycles. The second-order valence-corrected chi connectivity index (χ2v) is 16.1. The lowest BCUT2D eigenvalue weighted by atomic mass is 9.88. The number of Topliss-reactive ketones (excluding diaryl/α,β-unsaturated/α-hetero) is 3. The fourth-order valence-corrected chi connectivity index (χ4v) is 7.62. The van der Waals surface area contributed by atoms with Gasteiger partial charge in [-0.1, -0.05) is 67.1 Å². The number of unbranched alkanes of at least 4 members (excludes halogenated alkanes) is 1. The van der Waals surface area contributed by atoms with Crippen LogP contribution in [0.15, 0.2) is 97.6 Å². The van der Waals surface area contributed by atoms with Gasteiger partial charge in [-0.3, -0.25) is 28.8 Å². The number of rotatable bonds is 26. The predicted molar refractivity (Wildman–Crippen MR) is 235 cm³/mol. The molecule has 0 spiro atoms. The van der Waals surface area contributed by atoms with Gasteiger partial charge < -0.3 is 42.9 Å². The van der Waals surface area contributed by atoms with E-state index in [1.807, 2.05) is 54.6 Å². The van der Waals surface area contributed by atoms with E-state index in [1.165, 1.54) is 25.4 Å². The first-order valence-electron chi connectivity index (χ1n) is 21.1. The Morgan fingerprint density at radius 2 is 1.35 bits per heavy atom. The van der Waals surface area contributed by atoms with Gasteiger partial charge in [-0.15, -0.1) is 0 Å². The first kappa shape index (κ1) is 46.6. The van der Waals surface area contributed by atoms with E-state index >= 15 is 0 Å². The highest BCUT2D eigenvalue weighted by Gasteiger charge is 2.33. The molecule has 3 amide bonds. The van der Waals surface area contributed by atoms with Gasteiger partial charge in [0.2, 0.25) is 17.7 Å². The van der Waals surface area contributed by atoms with E-state index in [4.69, 9.17) is 17.2 Å². The van der Waals surface area contributed by atoms with Crippen LogP contribution in [-0.4, -0.2) is 79.8 Å². The zero-order valence-corrected chi connectivity index (χ0v) is 35.1. The summed E-state index contributed by atoms with van der Waals surface area (Å²) in [5.41, 5.74) is 21.4. The number of phenolic OH excluding ortho intramolecular Hbond substituents is 1. The molecule has 0 radical (unpaired) electrons. The predicted octanol–water partition coefficient (Wildman–Crippen LogP) is 3.52. The smallest absolute Gasteiger partial charge is 0.224 e. The number of primary amides is 1. The number of aromatic nitrogens is 3. The largest absolute Gasteiger partial charge is 0.508 e. The molecule has 5 aromatic rings. The van der Waals surface area contributed by atoms with Gasteiger partial charge in [0, 0.05) is 72.4 Å². The summed E-state index contributed by atoms with van der Waals surface area (Å²) in [5, 5.41) is 16.5. The van der Waals surface area contributed by atoms with Crippen LogP contribution in [0.1, 0.15) is 67.8 Å². The Morgan fingerprint density at radius 1 is 0.710 bits per heavy atom. The molecule has 15 nitrogen and oxygen atoms in total. The second kappa shape index (κ2) is 23.0. The first-order chi connectivity index (χ1) is 29.8. The van der Waals surface area contributed by atoms with E-state index in [9.17, 15) is 33.9 Å². The molecule has 3 aromatic carbocycles. The van der Waals surface area contributed by atoms with E-state index in [-0.39, 0.29) is 62.3 Å². The number of H-pyrrole nitrogens is 2. The van der Waals surface area contributed by atoms with Gasteiger partial charge in [-0.25, -0.2) is 4.98 Å². The van der Waals surface area contributed by atoms with Crippen molar-refractivity contribution in [1.29, 1.82) is 0 Å². The number of amides is 3. The van der Waals surface area contributed by atoms with Crippen LogP contribution in [0.5, 0.6) is 5.75 Å². The number of imidazole rings is 1. The number of fused-ring (bicyclic) bond motifs is 1. The number of aromatic amines is 2. The number of hydrogen-bond donors (Lipinski definition) is 8. The number of carbonyl (C=O) groups excluding carboxylic acids is 6. The van der Waals surface area contributed by atoms with Crippen molar-refractivity contribution >= 4 is 46.0 Å². The SMILES string of the molecule is C[C@H](NC(=O)[C@H](CC(=O)[C@@H](N)Cc1cnc[nH]1)Cc1c[nH]c2ccccc12)C(=O)C[C@@H](Cc1ccc(O)cc1)C(=O)N[C@H](Cc1ccccc1)C(=O)C[C@@H](CCCCN)C(N)=O. The number of para-hydroxylation sites is 1. The minimum absolute atomic E-state index is 0.0223. The average Bonchev–Trinajstić information content (AvgIpc) is 3.93. The van der Waals surface area contributed by atoms with Crippen molar-refractivity contribution in [2.45, 2.75) is 89.3 Å². The summed E-state index contributed by atoms with van der Waals surface area (Å²) in [5.74, 6) is -5.49. The van der Waals surface area contributed by atoms with Crippen molar-refractivity contribution in [3.8, 4) is 5.75 Å². The fraction of sp³-hybridized carbons (Fsp3) is 0.383. The third-order valence-electron chi connectivity index (χ3n) is 11.3. The number of nitrogens with zero attached hydrogens (tertiary/aromatic N) is 1. The Bertz CT molecular complexity index is 2260. The van der Waals surface area contributed by atoms with Gasteiger partial charge in [0.25, 0.3) is 0 Å². The number of ketones is 3. The number of aromatic hydroxyl groups is 1. The maximum Gasteiger partial charge on any atom is 0.224 e. The summed E-state index contributed by atoms with van der Waals surface area (Å²) < 4.78 is 0. The molecule has 0 aliphatic rings. The van der Waals surface area contributed by atoms with Crippen LogP contribution in [0.25, 0.3) is 10.9 Å². The molecule has 0 saturated carbocycles. The van der Waals surface area contributed by atoms with Crippen molar-refractivity contribution in [2.75, 3.05) is 6.54 Å². The monoisotopic (exact) mass is 846 g/mol. The standard InChI is InChI=1S/C47H58N8O7/c1-29(54-46(61)34(21-35-26-52-40-13-6-5-12-38(35)40)24-43(58)39(49)25-36-27-51-28-53-36)42(57)23-33(19-31-14-16-37(56)17-15-31)47(62)55-41(20-30-9-3-2-4-10-30)44(59)22-32(45(50)60)11-7-8-18-48/h2-6,9-10,12-17,26-29,32-34,39,41,52,56H,7-8,11,18-25,48-49H2,1H3,(H2,50,60)(H,51,53)(H,54,61)(H,55,62)/t29-,32+,33+,34-,39-,41+/m0/s1. The zero-order valence-electron chi connectivity index (χ0n) is 35.1. The highest BCUT2D eigenvalue weighted by Crippen LogP contribution is 2.24. The lowest BCUT2D eigenvalue weighted by Crippen LogP contribution is -2.48. The number of nitrogens with two attached hydrogens (primary N) is 3. The summed E-state index contributed by atoms with van der Waals surface area (Å²) in [6, 6.07) is 19.9. The number of phenols is 1. The van der Waals surface area contributed by atoms with Crippen LogP contribution in [0.2, 0.25) is 0 Å². The molecule has 2 aromatic heterocycles. The van der Waals surface area contributed by atoms with Crippen molar-refractivity contribution in [1.82, 2.24) is 25.6 Å². The van der Waals surface area contributed by atoms with Gasteiger partial charge in [0.1, 0.15) is 5.75 Å². The quantitative estimate of drug-likeness (QED) is 0.0375. The Morgan fingerprint density at radius 3 is 2.05 bits per heavy atom. The molecule has 0 unspecified atom stereocenters. The number of nitrogens with one attached hydrogen (secondary N) is 4. The minimum Gasteiger partial charge on any atom is -0.508 e. The van der Waals surface area contributed by atoms with Crippen LogP contribution in [0.4, 0.5) is 0 Å². The lowest BCUT2D eigenvalue weighted by molar-refractivity contribution is -0.135. The van der Waals surface area contributed by atoms with Crippen LogP contribution in [0.3, 0.4) is 0 Å². The van der Waals surface area contributed by atoms with Crippen molar-refractivity contribution in [3.05, 3.63) is 120 Å². The Labute approximate surface area is 361 Å². The van der Waals surface area contributed by atoms with E-state index < -0.39 is 59.4 Å². The van der Waals surface area contributed by atoms with E-state index in [0.29, 0.717) is 37.1 Å². The Balaban J connectivity index is 1.34. The van der Waals surface area contributed by atoms with E-state index in [1.54, 1.807) is 24.5 Å². The van der Waals surface area contributed by atoms with Crippen LogP contribution >= 0.6 is 0 Å². The molecule has 0 bridgehead atoms. The maximum atomic E-state index is 14.3. The molecule has 0 aliphatic carbocycles. The average molecular weight is 847 g/mol. The molecule has 0 fully saturated rings. The normalized spacial score (nSPS) is 14.2. The van der Waals surface area contributed by atoms with Crippen LogP contribution in [0, 0.1) is 17.8 Å². The summed E-state index contributed by atoms with van der Waals surface area (Å²) in [4.78, 5) is 92.4. The maximum absolute atomic E-state index is 14.3. The molecule has 328 valence electrons. The van der Waals surface area contributed by atoms with Crippen LogP contribution < -0.4 is 27.8 Å². The summed E-state index contributed by atoms with van der Waals surface area (Å²) in [6.45, 7) is 1.96. The zero-order chi connectivity index (χ0) is 44.6. The van der Waals surface area contributed by atoms with Gasteiger partial charge in [0.05, 0.1) is 24.5 Å². The highest BCUT2D eigenvalue weighted by atomic mass is 16.3. The van der Waals surface area contributed by atoms with Crippen LogP contribution in [-0.2, 0) is 54.5 Å². The molecule has 6 atom stereocenters. The molecule has 11 N–H and O–H groups in total. The fourth-order valence-electron chi connectivity index (χ4n) is 7.62. The highest BCUT2D eigenvalue weighted by molar-refractivity contribution is 5.97. The molecule has 62 heavy (non-hydrogen) atoms. The third kappa shape index (κ3) is 13.8. The van der Waals surface area contributed by atoms with Gasteiger partial charge >= 0.3 is 0 Å². The Kier molecular flexibility index (Phi) is 17.3. The molecule has 15 heteroatoms. The molecule has 5 rings (SSSR count). The Hall–Kier alpha value is -6.45. The summed E-state index contributed by atoms with van der Waals surface area (Å²) in [6.07, 6.45) is 6.43. The molecule has 2 heterocycles. The topological polar surface area (TPSA) is 269 Å². The molecular formula is C47H58N8O7. The van der Waals surface area contributed by atoms with Gasteiger partial charge in [-0.2, -0.15) is 0 Å². The van der Waals surface area contributed by atoms with Crippen molar-refractivity contribution in [3.63, 3.8) is 0 Å². The third-order valence-corrected chi connectivity index (χ3v) is 11.3. The summed E-state index contributed by atoms with van der Waals surface area (Å²) >= 11 is 0. The van der Waals surface area contributed by atoms with Crippen molar-refractivity contribution in [2.24, 2.45) is 35.0 Å². The molecular weight excluding hydrogens is 789 g/mol. The number of carbonyl (C=O) groups is 6. The van der Waals surface area contributed by atoms with Crippen molar-refractivity contribution < 1.29 is 33.9 Å². The lowest BCUT2D eigenvalue weighted by Gasteiger charge is -2.25. The van der Waals surface area contributed by atoms with E-state index in [2.05, 4.69) is 25.6 Å². The van der Waals surface area contributed by atoms with Gasteiger partial charge in [0.15, 0.2) is 17.3 Å². The number of benzene rings is 3. The second-order valence-electron chi connectivity index (χ2n) is 16.1. The van der Waals surface area contributed by atoms with E-state index in [0.717, 1.165) is 22.0 Å². The first-order valence-corrected chi connectivity index (χ1v) is 21.1.